The zero-order valence-corrected chi connectivity index (χ0v) is 15.4. The number of likely N-dealkylation sites (tertiary alicyclic amines) is 1. The van der Waals surface area contributed by atoms with Crippen molar-refractivity contribution in [3.8, 4) is 0 Å². The Bertz CT molecular complexity index is 836. The molecule has 2 atom stereocenters. The lowest BCUT2D eigenvalue weighted by Crippen LogP contribution is -2.33. The van der Waals surface area contributed by atoms with Gasteiger partial charge in [-0.25, -0.2) is 0 Å². The number of nitrogens with one attached hydrogen (secondary N) is 1. The second-order valence-corrected chi connectivity index (χ2v) is 6.77. The normalized spacial score (nSPS) is 17.6. The molecule has 1 aliphatic heterocycles. The number of carbonyl (C=O) groups is 3. The number of rotatable bonds is 6. The number of esters is 1. The van der Waals surface area contributed by atoms with Crippen LogP contribution in [-0.2, 0) is 25.7 Å². The monoisotopic (exact) mass is 390 g/mol. The van der Waals surface area contributed by atoms with Crippen LogP contribution in [0.2, 0.25) is 5.02 Å². The molecule has 0 unspecified atom stereocenters. The average molecular weight is 391 g/mol. The van der Waals surface area contributed by atoms with Crippen LogP contribution in [0.3, 0.4) is 0 Å². The van der Waals surface area contributed by atoms with Crippen LogP contribution < -0.4 is 5.32 Å². The molecule has 1 aromatic heterocycles. The molecule has 1 saturated heterocycles. The quantitative estimate of drug-likeness (QED) is 0.766. The lowest BCUT2D eigenvalue weighted by Gasteiger charge is -2.17. The SMILES string of the molecule is C[C@@H](OC(=O)[C@@H]1CC(=O)N(Cc2ccco2)C1)C(=O)Nc1cccc(Cl)c1. The number of anilines is 1. The number of carbonyl (C=O) groups excluding carboxylic acids is 3. The molecule has 8 heteroatoms. The maximum Gasteiger partial charge on any atom is 0.312 e. The van der Waals surface area contributed by atoms with Gasteiger partial charge in [0.05, 0.1) is 18.7 Å². The molecular formula is C19H19ClN2O5. The van der Waals surface area contributed by atoms with Gasteiger partial charge in [-0.05, 0) is 37.3 Å². The minimum atomic E-state index is -0.995. The fourth-order valence-corrected chi connectivity index (χ4v) is 3.00. The third-order valence-corrected chi connectivity index (χ3v) is 4.46. The topological polar surface area (TPSA) is 88.9 Å². The van der Waals surface area contributed by atoms with Crippen molar-refractivity contribution in [3.63, 3.8) is 0 Å². The summed E-state index contributed by atoms with van der Waals surface area (Å²) < 4.78 is 10.5. The molecule has 3 rings (SSSR count). The summed E-state index contributed by atoms with van der Waals surface area (Å²) in [6, 6.07) is 10.2. The molecule has 2 aromatic rings. The highest BCUT2D eigenvalue weighted by atomic mass is 35.5. The van der Waals surface area contributed by atoms with Gasteiger partial charge in [-0.2, -0.15) is 0 Å². The molecule has 0 aliphatic carbocycles. The largest absolute Gasteiger partial charge is 0.467 e. The summed E-state index contributed by atoms with van der Waals surface area (Å²) >= 11 is 5.88. The van der Waals surface area contributed by atoms with Crippen molar-refractivity contribution in [2.45, 2.75) is 26.0 Å². The van der Waals surface area contributed by atoms with Gasteiger partial charge in [-0.1, -0.05) is 17.7 Å². The maximum atomic E-state index is 12.3. The number of benzene rings is 1. The van der Waals surface area contributed by atoms with Gasteiger partial charge in [-0.15, -0.1) is 0 Å². The van der Waals surface area contributed by atoms with Crippen molar-refractivity contribution in [2.24, 2.45) is 5.92 Å². The summed E-state index contributed by atoms with van der Waals surface area (Å²) in [5.74, 6) is -1.15. The molecule has 1 N–H and O–H groups in total. The van der Waals surface area contributed by atoms with Crippen LogP contribution in [0, 0.1) is 5.92 Å². The number of halogens is 1. The highest BCUT2D eigenvalue weighted by Gasteiger charge is 2.36. The van der Waals surface area contributed by atoms with E-state index in [1.165, 1.54) is 13.2 Å². The molecule has 1 fully saturated rings. The van der Waals surface area contributed by atoms with Crippen molar-refractivity contribution in [3.05, 3.63) is 53.4 Å². The van der Waals surface area contributed by atoms with E-state index in [0.717, 1.165) is 0 Å². The number of hydrogen-bond acceptors (Lipinski definition) is 5. The van der Waals surface area contributed by atoms with Gasteiger partial charge in [0.2, 0.25) is 5.91 Å². The van der Waals surface area contributed by atoms with E-state index in [1.807, 2.05) is 0 Å². The Morgan fingerprint density at radius 2 is 2.19 bits per heavy atom. The first-order valence-electron chi connectivity index (χ1n) is 8.49. The van der Waals surface area contributed by atoms with Crippen LogP contribution >= 0.6 is 11.6 Å². The molecule has 2 heterocycles. The minimum absolute atomic E-state index is 0.0577. The second-order valence-electron chi connectivity index (χ2n) is 6.33. The van der Waals surface area contributed by atoms with Gasteiger partial charge < -0.3 is 19.4 Å². The molecule has 0 radical (unpaired) electrons. The molecule has 2 amide bonds. The predicted molar refractivity (Wildman–Crippen MR) is 97.9 cm³/mol. The van der Waals surface area contributed by atoms with Gasteiger partial charge in [0.25, 0.3) is 5.91 Å². The van der Waals surface area contributed by atoms with Crippen LogP contribution in [-0.4, -0.2) is 35.3 Å². The van der Waals surface area contributed by atoms with Crippen LogP contribution in [0.5, 0.6) is 0 Å². The number of amides is 2. The Morgan fingerprint density at radius 3 is 2.89 bits per heavy atom. The van der Waals surface area contributed by atoms with Gasteiger partial charge in [0.1, 0.15) is 5.76 Å². The second kappa shape index (κ2) is 8.26. The average Bonchev–Trinajstić information content (AvgIpc) is 3.25. The fraction of sp³-hybridized carbons (Fsp3) is 0.316. The summed E-state index contributed by atoms with van der Waals surface area (Å²) in [6.45, 7) is 2.02. The lowest BCUT2D eigenvalue weighted by molar-refractivity contribution is -0.157. The Morgan fingerprint density at radius 1 is 1.37 bits per heavy atom. The standard InChI is InChI=1S/C19H19ClN2O5/c1-12(18(24)21-15-5-2-4-14(20)9-15)27-19(25)13-8-17(23)22(10-13)11-16-6-3-7-26-16/h2-7,9,12-13H,8,10-11H2,1H3,(H,21,24)/t12-,13-/m1/s1. The predicted octanol–water partition coefficient (Wildman–Crippen LogP) is 2.85. The smallest absolute Gasteiger partial charge is 0.312 e. The number of furan rings is 1. The van der Waals surface area contributed by atoms with Crippen molar-refractivity contribution in [2.75, 3.05) is 11.9 Å². The Kier molecular flexibility index (Phi) is 5.81. The van der Waals surface area contributed by atoms with E-state index in [9.17, 15) is 14.4 Å². The van der Waals surface area contributed by atoms with E-state index in [1.54, 1.807) is 41.3 Å². The van der Waals surface area contributed by atoms with E-state index in [4.69, 9.17) is 20.8 Å². The van der Waals surface area contributed by atoms with E-state index < -0.39 is 23.9 Å². The minimum Gasteiger partial charge on any atom is -0.467 e. The summed E-state index contributed by atoms with van der Waals surface area (Å²) in [6.07, 6.45) is 0.593. The zero-order valence-electron chi connectivity index (χ0n) is 14.7. The van der Waals surface area contributed by atoms with Crippen molar-refractivity contribution in [1.82, 2.24) is 4.90 Å². The lowest BCUT2D eigenvalue weighted by atomic mass is 10.1. The number of hydrogen-bond donors (Lipinski definition) is 1. The summed E-state index contributed by atoms with van der Waals surface area (Å²) in [5, 5.41) is 3.12. The van der Waals surface area contributed by atoms with Crippen LogP contribution in [0.1, 0.15) is 19.1 Å². The first-order valence-corrected chi connectivity index (χ1v) is 8.87. The molecule has 1 aromatic carbocycles. The molecular weight excluding hydrogens is 372 g/mol. The molecule has 142 valence electrons. The molecule has 0 spiro atoms. The maximum absolute atomic E-state index is 12.3. The first kappa shape index (κ1) is 19.0. The van der Waals surface area contributed by atoms with Crippen LogP contribution in [0.4, 0.5) is 5.69 Å². The van der Waals surface area contributed by atoms with E-state index >= 15 is 0 Å². The van der Waals surface area contributed by atoms with E-state index in [0.29, 0.717) is 23.0 Å². The van der Waals surface area contributed by atoms with Crippen molar-refractivity contribution >= 4 is 35.1 Å². The van der Waals surface area contributed by atoms with E-state index in [-0.39, 0.29) is 18.9 Å². The Labute approximate surface area is 161 Å². The first-order chi connectivity index (χ1) is 12.9. The highest BCUT2D eigenvalue weighted by molar-refractivity contribution is 6.30. The van der Waals surface area contributed by atoms with Crippen molar-refractivity contribution < 1.29 is 23.5 Å². The summed E-state index contributed by atoms with van der Waals surface area (Å²) in [4.78, 5) is 38.2. The molecule has 1 aliphatic rings. The molecule has 27 heavy (non-hydrogen) atoms. The molecule has 7 nitrogen and oxygen atoms in total. The van der Waals surface area contributed by atoms with Gasteiger partial charge in [-0.3, -0.25) is 14.4 Å². The number of ether oxygens (including phenoxy) is 1. The van der Waals surface area contributed by atoms with Crippen LogP contribution in [0.25, 0.3) is 0 Å². The Hall–Kier alpha value is -2.80. The van der Waals surface area contributed by atoms with Gasteiger partial charge in [0, 0.05) is 23.7 Å². The van der Waals surface area contributed by atoms with Gasteiger partial charge in [0.15, 0.2) is 6.10 Å². The van der Waals surface area contributed by atoms with E-state index in [2.05, 4.69) is 5.32 Å². The number of nitrogens with zero attached hydrogens (tertiary/aromatic N) is 1. The highest BCUT2D eigenvalue weighted by Crippen LogP contribution is 2.22. The third kappa shape index (κ3) is 4.89. The summed E-state index contributed by atoms with van der Waals surface area (Å²) in [7, 11) is 0. The third-order valence-electron chi connectivity index (χ3n) is 4.23. The van der Waals surface area contributed by atoms with Crippen molar-refractivity contribution in [1.29, 1.82) is 0 Å². The molecule has 0 saturated carbocycles. The fourth-order valence-electron chi connectivity index (χ4n) is 2.81. The van der Waals surface area contributed by atoms with Gasteiger partial charge >= 0.3 is 5.97 Å². The molecule has 0 bridgehead atoms. The Balaban J connectivity index is 1.52. The summed E-state index contributed by atoms with van der Waals surface area (Å²) in [5.41, 5.74) is 0.510. The zero-order chi connectivity index (χ0) is 19.4. The van der Waals surface area contributed by atoms with Crippen LogP contribution in [0.15, 0.2) is 47.1 Å².